The first kappa shape index (κ1) is 15.7. The van der Waals surface area contributed by atoms with E-state index in [0.717, 1.165) is 36.5 Å². The molecule has 130 valence electrons. The average Bonchev–Trinajstić information content (AvgIpc) is 3.33. The fraction of sp³-hybridized carbons (Fsp3) is 0.500. The van der Waals surface area contributed by atoms with Gasteiger partial charge in [-0.3, -0.25) is 0 Å². The molecule has 5 rings (SSSR count). The number of fused-ring (bicyclic) bond motifs is 3. The normalized spacial score (nSPS) is 31.3. The molecule has 5 heteroatoms. The zero-order chi connectivity index (χ0) is 16.8. The molecule has 4 nitrogen and oxygen atoms in total. The van der Waals surface area contributed by atoms with Gasteiger partial charge in [0.05, 0.1) is 11.4 Å². The third-order valence-corrected chi connectivity index (χ3v) is 6.92. The minimum atomic E-state index is 0.622. The molecule has 1 N–H and O–H groups in total. The van der Waals surface area contributed by atoms with E-state index in [9.17, 15) is 0 Å². The molecule has 0 spiro atoms. The third-order valence-electron chi connectivity index (χ3n) is 6.24. The SMILES string of the molecule is CN1C2CCC1CC(NCC1=NN=C3CC=C(c4ccsc4)C=C31)C2. The molecule has 0 radical (unpaired) electrons. The lowest BCUT2D eigenvalue weighted by Crippen LogP contribution is -2.48. The van der Waals surface area contributed by atoms with Gasteiger partial charge in [0, 0.05) is 36.7 Å². The lowest BCUT2D eigenvalue weighted by atomic mass is 9.91. The van der Waals surface area contributed by atoms with Gasteiger partial charge < -0.3 is 10.2 Å². The zero-order valence-corrected chi connectivity index (χ0v) is 15.4. The van der Waals surface area contributed by atoms with Crippen molar-refractivity contribution in [3.63, 3.8) is 0 Å². The van der Waals surface area contributed by atoms with Gasteiger partial charge in [-0.2, -0.15) is 21.5 Å². The van der Waals surface area contributed by atoms with Gasteiger partial charge in [0.25, 0.3) is 0 Å². The maximum absolute atomic E-state index is 4.48. The number of hydrogen-bond acceptors (Lipinski definition) is 5. The Hall–Kier alpha value is -1.56. The molecule has 3 aliphatic heterocycles. The van der Waals surface area contributed by atoms with Crippen LogP contribution in [0.1, 0.15) is 37.7 Å². The summed E-state index contributed by atoms with van der Waals surface area (Å²) in [6.07, 6.45) is 10.7. The van der Waals surface area contributed by atoms with Crippen LogP contribution in [0.5, 0.6) is 0 Å². The average molecular weight is 353 g/mol. The molecule has 1 aromatic heterocycles. The van der Waals surface area contributed by atoms with E-state index in [-0.39, 0.29) is 0 Å². The van der Waals surface area contributed by atoms with Crippen LogP contribution >= 0.6 is 11.3 Å². The summed E-state index contributed by atoms with van der Waals surface area (Å²) in [6.45, 7) is 0.837. The summed E-state index contributed by atoms with van der Waals surface area (Å²) < 4.78 is 0. The molecular formula is C20H24N4S. The zero-order valence-electron chi connectivity index (χ0n) is 14.6. The Morgan fingerprint density at radius 2 is 2.08 bits per heavy atom. The standard InChI is InChI=1S/C20H24N4S/c1-24-16-3-4-17(24)10-15(9-16)21-11-20-18-8-13(14-6-7-25-12-14)2-5-19(18)22-23-20/h2,6-8,12,15-17,21H,3-5,9-11H2,1H3. The summed E-state index contributed by atoms with van der Waals surface area (Å²) in [4.78, 5) is 2.59. The molecule has 1 aromatic rings. The van der Waals surface area contributed by atoms with Crippen LogP contribution in [0.3, 0.4) is 0 Å². The van der Waals surface area contributed by atoms with Crippen molar-refractivity contribution < 1.29 is 0 Å². The minimum Gasteiger partial charge on any atom is -0.308 e. The summed E-state index contributed by atoms with van der Waals surface area (Å²) in [5.74, 6) is 0. The van der Waals surface area contributed by atoms with Gasteiger partial charge in [0.15, 0.2) is 0 Å². The summed E-state index contributed by atoms with van der Waals surface area (Å²) in [6, 6.07) is 4.36. The Morgan fingerprint density at radius 3 is 2.84 bits per heavy atom. The first-order chi connectivity index (χ1) is 12.3. The molecule has 0 aromatic carbocycles. The highest BCUT2D eigenvalue weighted by Gasteiger charge is 2.38. The fourth-order valence-electron chi connectivity index (χ4n) is 4.71. The highest BCUT2D eigenvalue weighted by Crippen LogP contribution is 2.34. The number of thiophene rings is 1. The molecule has 2 bridgehead atoms. The topological polar surface area (TPSA) is 40.0 Å². The largest absolute Gasteiger partial charge is 0.308 e. The van der Waals surface area contributed by atoms with Crippen LogP contribution in [0.25, 0.3) is 5.57 Å². The summed E-state index contributed by atoms with van der Waals surface area (Å²) in [5.41, 5.74) is 6.10. The van der Waals surface area contributed by atoms with Gasteiger partial charge >= 0.3 is 0 Å². The predicted octanol–water partition coefficient (Wildman–Crippen LogP) is 3.49. The Balaban J connectivity index is 1.26. The summed E-state index contributed by atoms with van der Waals surface area (Å²) >= 11 is 1.75. The van der Waals surface area contributed by atoms with Crippen LogP contribution in [-0.4, -0.2) is 48.0 Å². The van der Waals surface area contributed by atoms with Crippen LogP contribution in [0.4, 0.5) is 0 Å². The van der Waals surface area contributed by atoms with Crippen LogP contribution in [0, 0.1) is 0 Å². The van der Waals surface area contributed by atoms with Crippen LogP contribution in [-0.2, 0) is 0 Å². The number of nitrogens with zero attached hydrogens (tertiary/aromatic N) is 3. The van der Waals surface area contributed by atoms with E-state index in [4.69, 9.17) is 0 Å². The Kier molecular flexibility index (Phi) is 3.95. The lowest BCUT2D eigenvalue weighted by Gasteiger charge is -2.36. The van der Waals surface area contributed by atoms with Crippen molar-refractivity contribution >= 4 is 28.3 Å². The minimum absolute atomic E-state index is 0.622. The second-order valence-electron chi connectivity index (χ2n) is 7.63. The summed E-state index contributed by atoms with van der Waals surface area (Å²) in [5, 5.41) is 17.0. The van der Waals surface area contributed by atoms with Crippen LogP contribution in [0.15, 0.2) is 44.8 Å². The van der Waals surface area contributed by atoms with Crippen molar-refractivity contribution in [1.29, 1.82) is 0 Å². The molecular weight excluding hydrogens is 328 g/mol. The Bertz CT molecular complexity index is 773. The van der Waals surface area contributed by atoms with E-state index in [1.807, 2.05) is 0 Å². The Morgan fingerprint density at radius 1 is 1.24 bits per heavy atom. The van der Waals surface area contributed by atoms with Crippen molar-refractivity contribution in [2.24, 2.45) is 10.2 Å². The van der Waals surface area contributed by atoms with Gasteiger partial charge in [0.1, 0.15) is 0 Å². The second kappa shape index (κ2) is 6.31. The molecule has 0 amide bonds. The predicted molar refractivity (Wildman–Crippen MR) is 105 cm³/mol. The first-order valence-corrected chi connectivity index (χ1v) is 10.3. The van der Waals surface area contributed by atoms with E-state index >= 15 is 0 Å². The van der Waals surface area contributed by atoms with Crippen LogP contribution in [0.2, 0.25) is 0 Å². The van der Waals surface area contributed by atoms with Gasteiger partial charge in [-0.05, 0) is 66.8 Å². The Labute approximate surface area is 153 Å². The van der Waals surface area contributed by atoms with E-state index in [2.05, 4.69) is 56.4 Å². The van der Waals surface area contributed by atoms with E-state index < -0.39 is 0 Å². The van der Waals surface area contributed by atoms with Gasteiger partial charge in [-0.25, -0.2) is 0 Å². The molecule has 25 heavy (non-hydrogen) atoms. The quantitative estimate of drug-likeness (QED) is 0.901. The number of nitrogens with one attached hydrogen (secondary N) is 1. The summed E-state index contributed by atoms with van der Waals surface area (Å²) in [7, 11) is 2.30. The van der Waals surface area contributed by atoms with Crippen molar-refractivity contribution in [3.8, 4) is 0 Å². The van der Waals surface area contributed by atoms with E-state index in [1.165, 1.54) is 42.4 Å². The number of allylic oxidation sites excluding steroid dienone is 3. The number of piperidine rings is 1. The maximum atomic E-state index is 4.48. The second-order valence-corrected chi connectivity index (χ2v) is 8.41. The molecule has 2 fully saturated rings. The smallest absolute Gasteiger partial charge is 0.0860 e. The fourth-order valence-corrected chi connectivity index (χ4v) is 5.38. The highest BCUT2D eigenvalue weighted by atomic mass is 32.1. The lowest BCUT2D eigenvalue weighted by molar-refractivity contribution is 0.151. The monoisotopic (exact) mass is 352 g/mol. The van der Waals surface area contributed by atoms with Crippen LogP contribution < -0.4 is 5.32 Å². The van der Waals surface area contributed by atoms with Gasteiger partial charge in [-0.15, -0.1) is 0 Å². The van der Waals surface area contributed by atoms with Crippen molar-refractivity contribution in [3.05, 3.63) is 40.1 Å². The third kappa shape index (κ3) is 2.84. The van der Waals surface area contributed by atoms with Gasteiger partial charge in [0.2, 0.25) is 0 Å². The molecule has 2 atom stereocenters. The molecule has 2 unspecified atom stereocenters. The first-order valence-electron chi connectivity index (χ1n) is 9.32. The highest BCUT2D eigenvalue weighted by molar-refractivity contribution is 7.08. The molecule has 4 heterocycles. The molecule has 2 saturated heterocycles. The number of hydrogen-bond donors (Lipinski definition) is 1. The molecule has 1 aliphatic carbocycles. The maximum Gasteiger partial charge on any atom is 0.0860 e. The number of rotatable bonds is 4. The van der Waals surface area contributed by atoms with E-state index in [1.54, 1.807) is 11.3 Å². The van der Waals surface area contributed by atoms with E-state index in [0.29, 0.717) is 6.04 Å². The molecule has 4 aliphatic rings. The van der Waals surface area contributed by atoms with Crippen molar-refractivity contribution in [1.82, 2.24) is 10.2 Å². The van der Waals surface area contributed by atoms with Crippen molar-refractivity contribution in [2.45, 2.75) is 50.2 Å². The molecule has 0 saturated carbocycles. The van der Waals surface area contributed by atoms with Crippen molar-refractivity contribution in [2.75, 3.05) is 13.6 Å². The van der Waals surface area contributed by atoms with Gasteiger partial charge in [-0.1, -0.05) is 6.08 Å².